The number of nitro groups is 1. The van der Waals surface area contributed by atoms with Crippen molar-refractivity contribution < 1.29 is 4.92 Å². The molecule has 0 aliphatic heterocycles. The minimum atomic E-state index is -0.477. The average Bonchev–Trinajstić information content (AvgIpc) is 2.45. The molecule has 7 nitrogen and oxygen atoms in total. The molecule has 0 bridgehead atoms. The Kier molecular flexibility index (Phi) is 4.70. The smallest absolute Gasteiger partial charge is 0.329 e. The molecule has 1 saturated carbocycles. The molecule has 1 fully saturated rings. The molecule has 2 rings (SSSR count). The molecule has 0 amide bonds. The highest BCUT2D eigenvalue weighted by atomic mass is 16.6. The second-order valence-electron chi connectivity index (χ2n) is 5.28. The lowest BCUT2D eigenvalue weighted by atomic mass is 9.83. The van der Waals surface area contributed by atoms with Gasteiger partial charge in [0.15, 0.2) is 0 Å². The Balaban J connectivity index is 2.17. The summed E-state index contributed by atoms with van der Waals surface area (Å²) in [6, 6.07) is 0.197. The van der Waals surface area contributed by atoms with Crippen LogP contribution < -0.4 is 11.1 Å². The predicted octanol–water partition coefficient (Wildman–Crippen LogP) is 2.74. The molecular formula is C13H21N5O2. The first-order valence-corrected chi connectivity index (χ1v) is 7.15. The monoisotopic (exact) mass is 279 g/mol. The highest BCUT2D eigenvalue weighted by molar-refractivity contribution is 5.56. The molecule has 1 aromatic rings. The summed E-state index contributed by atoms with van der Waals surface area (Å²) in [6.45, 7) is 2.09. The van der Waals surface area contributed by atoms with Gasteiger partial charge in [-0.15, -0.1) is 0 Å². The molecule has 110 valence electrons. The molecule has 0 aromatic carbocycles. The summed E-state index contributed by atoms with van der Waals surface area (Å²) < 4.78 is 0. The van der Waals surface area contributed by atoms with Crippen LogP contribution in [0.5, 0.6) is 0 Å². The molecule has 1 aromatic heterocycles. The fourth-order valence-corrected chi connectivity index (χ4v) is 2.89. The van der Waals surface area contributed by atoms with E-state index in [0.29, 0.717) is 5.92 Å². The maximum atomic E-state index is 11.0. The molecule has 0 saturated heterocycles. The normalized spacial score (nSPS) is 17.6. The molecule has 1 unspecified atom stereocenters. The van der Waals surface area contributed by atoms with Gasteiger partial charge in [0.2, 0.25) is 11.8 Å². The van der Waals surface area contributed by atoms with Gasteiger partial charge in [0.25, 0.3) is 0 Å². The third-order valence-electron chi connectivity index (χ3n) is 3.97. The van der Waals surface area contributed by atoms with Crippen LogP contribution in [0.15, 0.2) is 6.20 Å². The molecule has 0 radical (unpaired) electrons. The largest absolute Gasteiger partial charge is 0.368 e. The number of nitrogens with zero attached hydrogens (tertiary/aromatic N) is 3. The SMILES string of the molecule is CCC(Nc1nc(N)ncc1[N+](=O)[O-])C1CCCCC1. The van der Waals surface area contributed by atoms with Crippen molar-refractivity contribution in [2.24, 2.45) is 5.92 Å². The van der Waals surface area contributed by atoms with Crippen molar-refractivity contribution in [1.29, 1.82) is 0 Å². The van der Waals surface area contributed by atoms with Gasteiger partial charge in [0, 0.05) is 6.04 Å². The van der Waals surface area contributed by atoms with Crippen molar-refractivity contribution in [2.45, 2.75) is 51.5 Å². The van der Waals surface area contributed by atoms with Crippen LogP contribution in [0.1, 0.15) is 45.4 Å². The summed E-state index contributed by atoms with van der Waals surface area (Å²) in [5.74, 6) is 0.834. The third kappa shape index (κ3) is 3.34. The van der Waals surface area contributed by atoms with Crippen molar-refractivity contribution in [3.8, 4) is 0 Å². The van der Waals surface area contributed by atoms with Crippen LogP contribution in [0.2, 0.25) is 0 Å². The number of hydrogen-bond donors (Lipinski definition) is 2. The molecule has 7 heteroatoms. The molecule has 3 N–H and O–H groups in total. The van der Waals surface area contributed by atoms with E-state index in [1.54, 1.807) is 0 Å². The van der Waals surface area contributed by atoms with Gasteiger partial charge in [-0.2, -0.15) is 4.98 Å². The van der Waals surface area contributed by atoms with Gasteiger partial charge in [-0.1, -0.05) is 26.2 Å². The van der Waals surface area contributed by atoms with E-state index in [4.69, 9.17) is 5.73 Å². The van der Waals surface area contributed by atoms with Gasteiger partial charge in [-0.3, -0.25) is 10.1 Å². The minimum absolute atomic E-state index is 0.0524. The maximum Gasteiger partial charge on any atom is 0.329 e. The lowest BCUT2D eigenvalue weighted by molar-refractivity contribution is -0.384. The van der Waals surface area contributed by atoms with E-state index in [1.165, 1.54) is 32.1 Å². The predicted molar refractivity (Wildman–Crippen MR) is 77.4 cm³/mol. The third-order valence-corrected chi connectivity index (χ3v) is 3.97. The summed E-state index contributed by atoms with van der Waals surface area (Å²) in [5, 5.41) is 14.2. The highest BCUT2D eigenvalue weighted by Crippen LogP contribution is 2.31. The van der Waals surface area contributed by atoms with E-state index in [9.17, 15) is 10.1 Å². The number of rotatable bonds is 5. The molecule has 0 spiro atoms. The summed E-state index contributed by atoms with van der Waals surface area (Å²) >= 11 is 0. The molecule has 20 heavy (non-hydrogen) atoms. The zero-order valence-electron chi connectivity index (χ0n) is 11.7. The first-order valence-electron chi connectivity index (χ1n) is 7.15. The summed E-state index contributed by atoms with van der Waals surface area (Å²) in [6.07, 6.45) is 8.16. The van der Waals surface area contributed by atoms with Gasteiger partial charge >= 0.3 is 5.69 Å². The summed E-state index contributed by atoms with van der Waals surface area (Å²) in [4.78, 5) is 18.2. The second-order valence-corrected chi connectivity index (χ2v) is 5.28. The highest BCUT2D eigenvalue weighted by Gasteiger charge is 2.25. The van der Waals surface area contributed by atoms with Crippen LogP contribution in [0.3, 0.4) is 0 Å². The van der Waals surface area contributed by atoms with Crippen molar-refractivity contribution in [1.82, 2.24) is 9.97 Å². The molecule has 1 atom stereocenters. The summed E-state index contributed by atoms with van der Waals surface area (Å²) in [7, 11) is 0. The van der Waals surface area contributed by atoms with Gasteiger partial charge in [-0.05, 0) is 25.2 Å². The zero-order valence-corrected chi connectivity index (χ0v) is 11.7. The van der Waals surface area contributed by atoms with E-state index in [-0.39, 0.29) is 23.5 Å². The lowest BCUT2D eigenvalue weighted by Gasteiger charge is -2.30. The Morgan fingerprint density at radius 1 is 1.50 bits per heavy atom. The van der Waals surface area contributed by atoms with Crippen LogP contribution in [-0.2, 0) is 0 Å². The fourth-order valence-electron chi connectivity index (χ4n) is 2.89. The average molecular weight is 279 g/mol. The summed E-state index contributed by atoms with van der Waals surface area (Å²) in [5.41, 5.74) is 5.42. The van der Waals surface area contributed by atoms with Crippen molar-refractivity contribution >= 4 is 17.5 Å². The standard InChI is InChI=1S/C13H21N5O2/c1-2-10(9-6-4-3-5-7-9)16-12-11(18(19)20)8-15-13(14)17-12/h8-10H,2-7H2,1H3,(H3,14,15,16,17). The maximum absolute atomic E-state index is 11.0. The Morgan fingerprint density at radius 2 is 2.20 bits per heavy atom. The van der Waals surface area contributed by atoms with Crippen LogP contribution >= 0.6 is 0 Å². The van der Waals surface area contributed by atoms with Crippen LogP contribution in [0.4, 0.5) is 17.5 Å². The molecular weight excluding hydrogens is 258 g/mol. The molecule has 1 heterocycles. The van der Waals surface area contributed by atoms with Crippen LogP contribution in [0.25, 0.3) is 0 Å². The van der Waals surface area contributed by atoms with Crippen molar-refractivity contribution in [3.63, 3.8) is 0 Å². The number of nitrogens with two attached hydrogens (primary N) is 1. The second kappa shape index (κ2) is 6.49. The number of nitrogens with one attached hydrogen (secondary N) is 1. The number of aromatic nitrogens is 2. The number of hydrogen-bond acceptors (Lipinski definition) is 6. The quantitative estimate of drug-likeness (QED) is 0.634. The molecule has 1 aliphatic carbocycles. The van der Waals surface area contributed by atoms with Crippen molar-refractivity contribution in [2.75, 3.05) is 11.1 Å². The Bertz CT molecular complexity index is 474. The van der Waals surface area contributed by atoms with Gasteiger partial charge < -0.3 is 11.1 Å². The van der Waals surface area contributed by atoms with E-state index in [0.717, 1.165) is 12.6 Å². The first-order chi connectivity index (χ1) is 9.61. The Morgan fingerprint density at radius 3 is 2.80 bits per heavy atom. The zero-order chi connectivity index (χ0) is 14.5. The topological polar surface area (TPSA) is 107 Å². The van der Waals surface area contributed by atoms with E-state index in [1.807, 2.05) is 0 Å². The number of anilines is 2. The van der Waals surface area contributed by atoms with E-state index in [2.05, 4.69) is 22.2 Å². The number of nitrogen functional groups attached to an aromatic ring is 1. The van der Waals surface area contributed by atoms with Crippen LogP contribution in [-0.4, -0.2) is 20.9 Å². The van der Waals surface area contributed by atoms with Crippen LogP contribution in [0, 0.1) is 16.0 Å². The lowest BCUT2D eigenvalue weighted by Crippen LogP contribution is -2.30. The minimum Gasteiger partial charge on any atom is -0.368 e. The van der Waals surface area contributed by atoms with E-state index >= 15 is 0 Å². The van der Waals surface area contributed by atoms with Gasteiger partial charge in [-0.25, -0.2) is 4.98 Å². The van der Waals surface area contributed by atoms with Crippen molar-refractivity contribution in [3.05, 3.63) is 16.3 Å². The van der Waals surface area contributed by atoms with E-state index < -0.39 is 4.92 Å². The first kappa shape index (κ1) is 14.5. The van der Waals surface area contributed by atoms with Gasteiger partial charge in [0.05, 0.1) is 4.92 Å². The fraction of sp³-hybridized carbons (Fsp3) is 0.692. The molecule has 1 aliphatic rings. The Labute approximate surface area is 118 Å². The van der Waals surface area contributed by atoms with Gasteiger partial charge in [0.1, 0.15) is 6.20 Å². The Hall–Kier alpha value is -1.92.